The van der Waals surface area contributed by atoms with Crippen LogP contribution in [-0.2, 0) is 14.9 Å². The van der Waals surface area contributed by atoms with Gasteiger partial charge in [0.25, 0.3) is 0 Å². The first-order chi connectivity index (χ1) is 18.1. The minimum atomic E-state index is -0.625. The number of nitrogens with zero attached hydrogens (tertiary/aromatic N) is 1. The number of aromatic nitrogens is 1. The molecule has 2 aromatic carbocycles. The monoisotopic (exact) mass is 515 g/mol. The number of benzene rings is 2. The van der Waals surface area contributed by atoms with E-state index in [0.29, 0.717) is 25.2 Å². The van der Waals surface area contributed by atoms with Gasteiger partial charge >= 0.3 is 6.09 Å². The largest absolute Gasteiger partial charge is 0.450 e. The van der Waals surface area contributed by atoms with E-state index >= 15 is 0 Å². The molecule has 0 radical (unpaired) electrons. The molecule has 6 heteroatoms. The standard InChI is InChI=1S/C32H41N3O3/c1-7-38-31(37)33-18-21(4)28-26-17-23(32(5,6)30(36)35-24-9-10-25(35)12-11-24)8-13-27(26)34-29(28)22-15-19(2)14-20(3)16-22/h8,13-17,21,24-25,34H,7,9-12,18H2,1-6H3,(H,33,37). The summed E-state index contributed by atoms with van der Waals surface area (Å²) in [5, 5.41) is 4.02. The highest BCUT2D eigenvalue weighted by Gasteiger charge is 2.47. The van der Waals surface area contributed by atoms with E-state index < -0.39 is 11.5 Å². The molecule has 38 heavy (non-hydrogen) atoms. The Labute approximate surface area is 226 Å². The Bertz CT molecular complexity index is 1330. The number of fused-ring (bicyclic) bond motifs is 3. The van der Waals surface area contributed by atoms with E-state index in [0.717, 1.165) is 59.0 Å². The number of H-pyrrole nitrogens is 1. The number of amides is 2. The van der Waals surface area contributed by atoms with Crippen LogP contribution in [0.1, 0.15) is 81.5 Å². The van der Waals surface area contributed by atoms with Crippen molar-refractivity contribution in [2.45, 2.75) is 90.6 Å². The van der Waals surface area contributed by atoms with Crippen LogP contribution in [0.4, 0.5) is 4.79 Å². The van der Waals surface area contributed by atoms with E-state index in [1.54, 1.807) is 6.92 Å². The smallest absolute Gasteiger partial charge is 0.407 e. The maximum atomic E-state index is 13.9. The van der Waals surface area contributed by atoms with Crippen LogP contribution in [0, 0.1) is 13.8 Å². The van der Waals surface area contributed by atoms with Crippen LogP contribution in [0.5, 0.6) is 0 Å². The number of aromatic amines is 1. The van der Waals surface area contributed by atoms with Crippen molar-refractivity contribution in [1.29, 1.82) is 0 Å². The van der Waals surface area contributed by atoms with Crippen molar-refractivity contribution in [3.63, 3.8) is 0 Å². The lowest BCUT2D eigenvalue weighted by molar-refractivity contribution is -0.137. The second-order valence-electron chi connectivity index (χ2n) is 11.9. The lowest BCUT2D eigenvalue weighted by Gasteiger charge is -2.33. The molecule has 1 atom stereocenters. The van der Waals surface area contributed by atoms with Gasteiger partial charge in [0.1, 0.15) is 0 Å². The van der Waals surface area contributed by atoms with Gasteiger partial charge in [-0.15, -0.1) is 0 Å². The molecule has 0 aliphatic carbocycles. The molecule has 1 unspecified atom stereocenters. The SMILES string of the molecule is CCOC(=O)NCC(C)c1c(-c2cc(C)cc(C)c2)[nH]c2ccc(C(C)(C)C(=O)N3C4CCC3CC4)cc12. The van der Waals surface area contributed by atoms with E-state index in [1.165, 1.54) is 11.1 Å². The lowest BCUT2D eigenvalue weighted by Crippen LogP contribution is -2.45. The van der Waals surface area contributed by atoms with Gasteiger partial charge in [-0.1, -0.05) is 30.2 Å². The van der Waals surface area contributed by atoms with Crippen molar-refractivity contribution < 1.29 is 14.3 Å². The average molecular weight is 516 g/mol. The third-order valence-electron chi connectivity index (χ3n) is 8.61. The molecule has 2 fully saturated rings. The van der Waals surface area contributed by atoms with Crippen molar-refractivity contribution in [1.82, 2.24) is 15.2 Å². The quantitative estimate of drug-likeness (QED) is 0.366. The van der Waals surface area contributed by atoms with E-state index in [-0.39, 0.29) is 11.8 Å². The predicted molar refractivity (Wildman–Crippen MR) is 153 cm³/mol. The fourth-order valence-electron chi connectivity index (χ4n) is 6.67. The van der Waals surface area contributed by atoms with Crippen LogP contribution < -0.4 is 5.32 Å². The Morgan fingerprint density at radius 2 is 1.68 bits per heavy atom. The highest BCUT2D eigenvalue weighted by atomic mass is 16.5. The minimum Gasteiger partial charge on any atom is -0.450 e. The number of nitrogens with one attached hydrogen (secondary N) is 2. The summed E-state index contributed by atoms with van der Waals surface area (Å²) in [4.78, 5) is 31.8. The first-order valence-corrected chi connectivity index (χ1v) is 14.1. The molecule has 2 amide bonds. The summed E-state index contributed by atoms with van der Waals surface area (Å²) in [5.74, 6) is 0.262. The Morgan fingerprint density at radius 3 is 2.29 bits per heavy atom. The first kappa shape index (κ1) is 26.3. The molecule has 1 aromatic heterocycles. The fraction of sp³-hybridized carbons (Fsp3) is 0.500. The van der Waals surface area contributed by atoms with Crippen molar-refractivity contribution in [2.24, 2.45) is 0 Å². The molecule has 6 nitrogen and oxygen atoms in total. The summed E-state index contributed by atoms with van der Waals surface area (Å²) in [5.41, 5.74) is 7.17. The van der Waals surface area contributed by atoms with Crippen LogP contribution in [0.2, 0.25) is 0 Å². The van der Waals surface area contributed by atoms with Crippen LogP contribution >= 0.6 is 0 Å². The Kier molecular flexibility index (Phi) is 7.01. The molecule has 2 saturated heterocycles. The van der Waals surface area contributed by atoms with Gasteiger partial charge in [-0.2, -0.15) is 0 Å². The number of carbonyl (C=O) groups excluding carboxylic acids is 2. The normalized spacial score (nSPS) is 19.7. The number of hydrogen-bond acceptors (Lipinski definition) is 3. The van der Waals surface area contributed by atoms with Gasteiger partial charge in [0.05, 0.1) is 17.7 Å². The molecule has 2 aliphatic heterocycles. The lowest BCUT2D eigenvalue weighted by atomic mass is 9.81. The van der Waals surface area contributed by atoms with E-state index in [9.17, 15) is 9.59 Å². The molecule has 2 aliphatic rings. The summed E-state index contributed by atoms with van der Waals surface area (Å²) in [6.45, 7) is 13.1. The number of ether oxygens (including phenoxy) is 1. The Hall–Kier alpha value is -3.28. The predicted octanol–water partition coefficient (Wildman–Crippen LogP) is 6.73. The summed E-state index contributed by atoms with van der Waals surface area (Å²) in [6, 6.07) is 13.8. The molecule has 3 aromatic rings. The van der Waals surface area contributed by atoms with Crippen LogP contribution in [-0.4, -0.2) is 47.1 Å². The third kappa shape index (κ3) is 4.70. The summed E-state index contributed by atoms with van der Waals surface area (Å²) in [7, 11) is 0. The highest BCUT2D eigenvalue weighted by Crippen LogP contribution is 2.42. The summed E-state index contributed by atoms with van der Waals surface area (Å²) in [6.07, 6.45) is 4.14. The molecule has 0 saturated carbocycles. The van der Waals surface area contributed by atoms with Crippen LogP contribution in [0.15, 0.2) is 36.4 Å². The topological polar surface area (TPSA) is 74.4 Å². The first-order valence-electron chi connectivity index (χ1n) is 14.1. The second-order valence-corrected chi connectivity index (χ2v) is 11.9. The van der Waals surface area contributed by atoms with Gasteiger partial charge < -0.3 is 19.9 Å². The minimum absolute atomic E-state index is 0.0208. The molecule has 202 valence electrons. The Morgan fingerprint density at radius 1 is 1.05 bits per heavy atom. The maximum absolute atomic E-state index is 13.9. The molecule has 3 heterocycles. The molecular weight excluding hydrogens is 474 g/mol. The fourth-order valence-corrected chi connectivity index (χ4v) is 6.67. The van der Waals surface area contributed by atoms with Crippen molar-refractivity contribution >= 4 is 22.9 Å². The summed E-state index contributed by atoms with van der Waals surface area (Å²) < 4.78 is 5.10. The third-order valence-corrected chi connectivity index (χ3v) is 8.61. The highest BCUT2D eigenvalue weighted by molar-refractivity contribution is 5.95. The zero-order chi connectivity index (χ0) is 27.2. The van der Waals surface area contributed by atoms with E-state index in [2.05, 4.69) is 86.2 Å². The number of alkyl carbamates (subject to hydrolysis) is 1. The number of carbonyl (C=O) groups is 2. The molecule has 2 N–H and O–H groups in total. The van der Waals surface area contributed by atoms with Crippen molar-refractivity contribution in [3.8, 4) is 11.3 Å². The van der Waals surface area contributed by atoms with Gasteiger partial charge in [-0.3, -0.25) is 4.79 Å². The number of rotatable bonds is 7. The van der Waals surface area contributed by atoms with Crippen molar-refractivity contribution in [2.75, 3.05) is 13.2 Å². The Balaban J connectivity index is 1.57. The van der Waals surface area contributed by atoms with Gasteiger partial charge in [0, 0.05) is 35.4 Å². The van der Waals surface area contributed by atoms with Crippen LogP contribution in [0.25, 0.3) is 22.2 Å². The second kappa shape index (κ2) is 10.1. The zero-order valence-corrected chi connectivity index (χ0v) is 23.6. The number of aryl methyl sites for hydroxylation is 2. The van der Waals surface area contributed by atoms with Crippen molar-refractivity contribution in [3.05, 3.63) is 58.7 Å². The van der Waals surface area contributed by atoms with Gasteiger partial charge in [0.2, 0.25) is 5.91 Å². The molecule has 5 rings (SSSR count). The van der Waals surface area contributed by atoms with E-state index in [1.807, 2.05) is 0 Å². The summed E-state index contributed by atoms with van der Waals surface area (Å²) >= 11 is 0. The molecule has 0 spiro atoms. The number of hydrogen-bond donors (Lipinski definition) is 2. The molecule has 2 bridgehead atoms. The van der Waals surface area contributed by atoms with Gasteiger partial charge in [0.15, 0.2) is 0 Å². The van der Waals surface area contributed by atoms with Crippen LogP contribution in [0.3, 0.4) is 0 Å². The van der Waals surface area contributed by atoms with Gasteiger partial charge in [-0.05, 0) is 101 Å². The zero-order valence-electron chi connectivity index (χ0n) is 23.6. The maximum Gasteiger partial charge on any atom is 0.407 e. The molecular formula is C32H41N3O3. The average Bonchev–Trinajstić information content (AvgIpc) is 3.58. The van der Waals surface area contributed by atoms with E-state index in [4.69, 9.17) is 4.74 Å². The van der Waals surface area contributed by atoms with Gasteiger partial charge in [-0.25, -0.2) is 4.79 Å².